The van der Waals surface area contributed by atoms with Crippen molar-refractivity contribution in [2.45, 2.75) is 59.9 Å². The molecular formula is C16H29NO4. The summed E-state index contributed by atoms with van der Waals surface area (Å²) >= 11 is 0. The molecule has 1 amide bonds. The number of alkyl carbamates (subject to hydrolysis) is 1. The summed E-state index contributed by atoms with van der Waals surface area (Å²) in [7, 11) is 0. The molecule has 0 aromatic carbocycles. The van der Waals surface area contributed by atoms with Gasteiger partial charge in [-0.2, -0.15) is 0 Å². The second kappa shape index (κ2) is 9.42. The molecule has 5 nitrogen and oxygen atoms in total. The van der Waals surface area contributed by atoms with E-state index in [1.807, 2.05) is 0 Å². The Morgan fingerprint density at radius 1 is 1.19 bits per heavy atom. The fourth-order valence-corrected chi connectivity index (χ4v) is 1.71. The Bertz CT molecular complexity index is 358. The van der Waals surface area contributed by atoms with Gasteiger partial charge in [-0.15, -0.1) is 0 Å². The van der Waals surface area contributed by atoms with E-state index in [0.29, 0.717) is 5.57 Å². The number of esters is 1. The van der Waals surface area contributed by atoms with Gasteiger partial charge >= 0.3 is 12.1 Å². The molecule has 0 aliphatic heterocycles. The van der Waals surface area contributed by atoms with Crippen molar-refractivity contribution in [2.75, 3.05) is 13.2 Å². The van der Waals surface area contributed by atoms with Crippen molar-refractivity contribution in [3.05, 3.63) is 12.2 Å². The van der Waals surface area contributed by atoms with E-state index in [1.165, 1.54) is 0 Å². The molecule has 0 heterocycles. The van der Waals surface area contributed by atoms with Crippen LogP contribution in [0.3, 0.4) is 0 Å². The van der Waals surface area contributed by atoms with Crippen LogP contribution in [-0.4, -0.2) is 31.3 Å². The van der Waals surface area contributed by atoms with Crippen LogP contribution in [0.1, 0.15) is 53.9 Å². The molecule has 0 saturated carbocycles. The summed E-state index contributed by atoms with van der Waals surface area (Å²) in [6, 6.07) is 0.0583. The number of amides is 1. The van der Waals surface area contributed by atoms with Crippen molar-refractivity contribution < 1.29 is 19.1 Å². The molecule has 0 fully saturated rings. The lowest BCUT2D eigenvalue weighted by Gasteiger charge is -2.31. The molecule has 5 heteroatoms. The normalized spacial score (nSPS) is 12.4. The summed E-state index contributed by atoms with van der Waals surface area (Å²) in [4.78, 5) is 22.9. The maximum Gasteiger partial charge on any atom is 0.407 e. The third kappa shape index (κ3) is 9.10. The second-order valence-corrected chi connectivity index (χ2v) is 6.26. The second-order valence-electron chi connectivity index (χ2n) is 6.26. The smallest absolute Gasteiger partial charge is 0.407 e. The van der Waals surface area contributed by atoms with Gasteiger partial charge in [-0.25, -0.2) is 9.59 Å². The van der Waals surface area contributed by atoms with Crippen LogP contribution in [0.2, 0.25) is 0 Å². The first-order valence-electron chi connectivity index (χ1n) is 7.44. The topological polar surface area (TPSA) is 64.6 Å². The lowest BCUT2D eigenvalue weighted by atomic mass is 9.84. The van der Waals surface area contributed by atoms with Gasteiger partial charge in [-0.05, 0) is 18.8 Å². The largest absolute Gasteiger partial charge is 0.459 e. The van der Waals surface area contributed by atoms with Crippen molar-refractivity contribution in [3.63, 3.8) is 0 Å². The highest BCUT2D eigenvalue weighted by Gasteiger charge is 2.26. The van der Waals surface area contributed by atoms with Crippen LogP contribution in [-0.2, 0) is 14.3 Å². The van der Waals surface area contributed by atoms with Crippen LogP contribution >= 0.6 is 0 Å². The molecule has 0 saturated heterocycles. The van der Waals surface area contributed by atoms with Crippen LogP contribution < -0.4 is 5.32 Å². The molecule has 1 unspecified atom stereocenters. The van der Waals surface area contributed by atoms with E-state index in [0.717, 1.165) is 19.3 Å². The Balaban J connectivity index is 4.09. The molecule has 21 heavy (non-hydrogen) atoms. The van der Waals surface area contributed by atoms with E-state index in [9.17, 15) is 9.59 Å². The first-order chi connectivity index (χ1) is 9.68. The maximum absolute atomic E-state index is 11.8. The van der Waals surface area contributed by atoms with Crippen LogP contribution in [0.25, 0.3) is 0 Å². The molecule has 0 rings (SSSR count). The molecular weight excluding hydrogens is 270 g/mol. The number of carbonyl (C=O) groups excluding carboxylic acids is 2. The zero-order valence-electron chi connectivity index (χ0n) is 14.0. The summed E-state index contributed by atoms with van der Waals surface area (Å²) in [5, 5.41) is 2.88. The summed E-state index contributed by atoms with van der Waals surface area (Å²) in [6.07, 6.45) is 2.58. The lowest BCUT2D eigenvalue weighted by molar-refractivity contribution is -0.139. The third-order valence-electron chi connectivity index (χ3n) is 3.08. The van der Waals surface area contributed by atoms with Crippen molar-refractivity contribution in [1.29, 1.82) is 0 Å². The van der Waals surface area contributed by atoms with Gasteiger partial charge in [0, 0.05) is 11.6 Å². The van der Waals surface area contributed by atoms with Gasteiger partial charge in [-0.1, -0.05) is 47.1 Å². The van der Waals surface area contributed by atoms with Crippen LogP contribution in [0, 0.1) is 5.41 Å². The van der Waals surface area contributed by atoms with E-state index in [-0.39, 0.29) is 24.7 Å². The van der Waals surface area contributed by atoms with Crippen LogP contribution in [0.15, 0.2) is 12.2 Å². The van der Waals surface area contributed by atoms with E-state index in [4.69, 9.17) is 9.47 Å². The first kappa shape index (κ1) is 19.5. The Labute approximate surface area is 128 Å². The molecule has 0 aliphatic rings. The Kier molecular flexibility index (Phi) is 8.74. The minimum atomic E-state index is -0.477. The zero-order chi connectivity index (χ0) is 16.5. The van der Waals surface area contributed by atoms with Crippen molar-refractivity contribution in [3.8, 4) is 0 Å². The Hall–Kier alpha value is -1.52. The maximum atomic E-state index is 11.8. The molecule has 0 aliphatic carbocycles. The number of hydrogen-bond acceptors (Lipinski definition) is 4. The highest BCUT2D eigenvalue weighted by Crippen LogP contribution is 2.23. The Morgan fingerprint density at radius 2 is 1.76 bits per heavy atom. The number of rotatable bonds is 8. The first-order valence-corrected chi connectivity index (χ1v) is 7.44. The minimum Gasteiger partial charge on any atom is -0.459 e. The van der Waals surface area contributed by atoms with E-state index in [2.05, 4.69) is 39.6 Å². The summed E-state index contributed by atoms with van der Waals surface area (Å²) < 4.78 is 9.87. The Morgan fingerprint density at radius 3 is 2.24 bits per heavy atom. The summed E-state index contributed by atoms with van der Waals surface area (Å²) in [5.74, 6) is -0.477. The molecule has 0 bridgehead atoms. The molecule has 0 aromatic heterocycles. The monoisotopic (exact) mass is 299 g/mol. The molecule has 0 aromatic rings. The predicted molar refractivity (Wildman–Crippen MR) is 83.0 cm³/mol. The molecule has 1 atom stereocenters. The van der Waals surface area contributed by atoms with Crippen LogP contribution in [0.4, 0.5) is 4.79 Å². The minimum absolute atomic E-state index is 0.0272. The highest BCUT2D eigenvalue weighted by atomic mass is 16.6. The van der Waals surface area contributed by atoms with Gasteiger partial charge in [0.1, 0.15) is 13.2 Å². The number of ether oxygens (including phenoxy) is 2. The average molecular weight is 299 g/mol. The van der Waals surface area contributed by atoms with Gasteiger partial charge < -0.3 is 14.8 Å². The van der Waals surface area contributed by atoms with E-state index in [1.54, 1.807) is 6.92 Å². The highest BCUT2D eigenvalue weighted by molar-refractivity contribution is 5.86. The van der Waals surface area contributed by atoms with Gasteiger partial charge in [0.05, 0.1) is 0 Å². The zero-order valence-corrected chi connectivity index (χ0v) is 14.0. The SMILES string of the molecule is C=C(C)C(=O)OCCOC(=O)NC(CCCC)C(C)(C)C. The number of unbranched alkanes of at least 4 members (excludes halogenated alkanes) is 1. The quantitative estimate of drug-likeness (QED) is 0.423. The van der Waals surface area contributed by atoms with Gasteiger partial charge in [0.15, 0.2) is 0 Å². The number of nitrogens with one attached hydrogen (secondary N) is 1. The fourth-order valence-electron chi connectivity index (χ4n) is 1.71. The molecule has 0 radical (unpaired) electrons. The lowest BCUT2D eigenvalue weighted by Crippen LogP contribution is -2.44. The predicted octanol–water partition coefficient (Wildman–Crippen LogP) is 3.44. The van der Waals surface area contributed by atoms with Gasteiger partial charge in [0.2, 0.25) is 0 Å². The molecule has 122 valence electrons. The summed E-state index contributed by atoms with van der Waals surface area (Å²) in [5.41, 5.74) is 0.299. The van der Waals surface area contributed by atoms with Crippen molar-refractivity contribution in [2.24, 2.45) is 5.41 Å². The number of hydrogen-bond donors (Lipinski definition) is 1. The average Bonchev–Trinajstić information content (AvgIpc) is 2.37. The number of carbonyl (C=O) groups is 2. The molecule has 0 spiro atoms. The van der Waals surface area contributed by atoms with Gasteiger partial charge in [-0.3, -0.25) is 0 Å². The van der Waals surface area contributed by atoms with E-state index < -0.39 is 12.1 Å². The fraction of sp³-hybridized carbons (Fsp3) is 0.750. The third-order valence-corrected chi connectivity index (χ3v) is 3.08. The standard InChI is InChI=1S/C16H29NO4/c1-7-8-9-13(16(4,5)6)17-15(19)21-11-10-20-14(18)12(2)3/h13H,2,7-11H2,1,3-6H3,(H,17,19). The molecule has 1 N–H and O–H groups in total. The van der Waals surface area contributed by atoms with Crippen LogP contribution in [0.5, 0.6) is 0 Å². The summed E-state index contributed by atoms with van der Waals surface area (Å²) in [6.45, 7) is 13.5. The van der Waals surface area contributed by atoms with E-state index >= 15 is 0 Å². The van der Waals surface area contributed by atoms with Crippen molar-refractivity contribution >= 4 is 12.1 Å². The van der Waals surface area contributed by atoms with Crippen molar-refractivity contribution in [1.82, 2.24) is 5.32 Å². The van der Waals surface area contributed by atoms with Gasteiger partial charge in [0.25, 0.3) is 0 Å².